The van der Waals surface area contributed by atoms with Gasteiger partial charge in [-0.1, -0.05) is 25.4 Å². The van der Waals surface area contributed by atoms with Gasteiger partial charge in [0, 0.05) is 17.6 Å². The first-order valence-electron chi connectivity index (χ1n) is 7.27. The first kappa shape index (κ1) is 17.1. The molecule has 1 rings (SSSR count). The number of aliphatic hydroxyl groups is 1. The minimum absolute atomic E-state index is 0.0699. The van der Waals surface area contributed by atoms with Gasteiger partial charge < -0.3 is 15.2 Å². The number of benzene rings is 1. The summed E-state index contributed by atoms with van der Waals surface area (Å²) in [6.07, 6.45) is 1.98. The third kappa shape index (κ3) is 4.57. The predicted octanol–water partition coefficient (Wildman–Crippen LogP) is 4.34. The Balaban J connectivity index is 2.72. The highest BCUT2D eigenvalue weighted by Crippen LogP contribution is 2.30. The quantitative estimate of drug-likeness (QED) is 0.750. The van der Waals surface area contributed by atoms with E-state index in [0.717, 1.165) is 25.1 Å². The number of rotatable bonds is 8. The minimum Gasteiger partial charge on any atom is -0.489 e. The molecule has 0 saturated carbocycles. The monoisotopic (exact) mass is 299 g/mol. The number of nitrogens with one attached hydrogen (secondary N) is 1. The Bertz CT molecular complexity index is 409. The smallest absolute Gasteiger partial charge is 0.138 e. The summed E-state index contributed by atoms with van der Waals surface area (Å²) in [4.78, 5) is 0. The van der Waals surface area contributed by atoms with E-state index in [0.29, 0.717) is 10.8 Å². The third-order valence-corrected chi connectivity index (χ3v) is 4.09. The van der Waals surface area contributed by atoms with Gasteiger partial charge in [-0.25, -0.2) is 0 Å². The lowest BCUT2D eigenvalue weighted by Crippen LogP contribution is -2.32. The van der Waals surface area contributed by atoms with Crippen molar-refractivity contribution in [3.05, 3.63) is 23.2 Å². The highest BCUT2D eigenvalue weighted by Gasteiger charge is 2.24. The minimum atomic E-state index is -0.0699. The van der Waals surface area contributed by atoms with Crippen molar-refractivity contribution < 1.29 is 9.84 Å². The molecule has 0 aliphatic rings. The molecule has 20 heavy (non-hydrogen) atoms. The van der Waals surface area contributed by atoms with Crippen molar-refractivity contribution in [1.82, 2.24) is 0 Å². The molecule has 0 aliphatic carbocycles. The highest BCUT2D eigenvalue weighted by atomic mass is 35.5. The van der Waals surface area contributed by atoms with E-state index in [-0.39, 0.29) is 18.1 Å². The van der Waals surface area contributed by atoms with Crippen LogP contribution in [-0.2, 0) is 0 Å². The molecule has 0 saturated heterocycles. The molecule has 0 heterocycles. The fraction of sp³-hybridized carbons (Fsp3) is 0.625. The second-order valence-electron chi connectivity index (χ2n) is 5.53. The zero-order chi connectivity index (χ0) is 15.2. The molecule has 0 radical (unpaired) electrons. The molecule has 2 N–H and O–H groups in total. The van der Waals surface area contributed by atoms with E-state index in [9.17, 15) is 5.11 Å². The number of hydrogen-bond donors (Lipinski definition) is 2. The Kier molecular flexibility index (Phi) is 6.63. The first-order chi connectivity index (χ1) is 9.46. The van der Waals surface area contributed by atoms with Gasteiger partial charge in [0.15, 0.2) is 0 Å². The van der Waals surface area contributed by atoms with E-state index in [1.54, 1.807) is 0 Å². The van der Waals surface area contributed by atoms with Crippen molar-refractivity contribution in [3.63, 3.8) is 0 Å². The van der Waals surface area contributed by atoms with Crippen LogP contribution in [0, 0.1) is 5.41 Å². The zero-order valence-electron chi connectivity index (χ0n) is 12.9. The van der Waals surface area contributed by atoms with Crippen LogP contribution >= 0.6 is 11.6 Å². The molecule has 1 aromatic carbocycles. The third-order valence-electron chi connectivity index (χ3n) is 3.80. The molecule has 0 atom stereocenters. The summed E-state index contributed by atoms with van der Waals surface area (Å²) in [7, 11) is 0. The van der Waals surface area contributed by atoms with Gasteiger partial charge in [-0.2, -0.15) is 0 Å². The summed E-state index contributed by atoms with van der Waals surface area (Å²) >= 11 is 6.21. The molecule has 4 heteroatoms. The highest BCUT2D eigenvalue weighted by molar-refractivity contribution is 6.32. The normalized spacial score (nSPS) is 11.8. The Hall–Kier alpha value is -0.930. The van der Waals surface area contributed by atoms with Crippen molar-refractivity contribution in [2.24, 2.45) is 5.41 Å². The predicted molar refractivity (Wildman–Crippen MR) is 85.8 cm³/mol. The molecule has 0 amide bonds. The summed E-state index contributed by atoms with van der Waals surface area (Å²) in [5, 5.41) is 13.5. The van der Waals surface area contributed by atoms with Crippen LogP contribution in [0.1, 0.15) is 40.5 Å². The van der Waals surface area contributed by atoms with Crippen molar-refractivity contribution in [1.29, 1.82) is 0 Å². The average molecular weight is 300 g/mol. The average Bonchev–Trinajstić information content (AvgIpc) is 2.43. The van der Waals surface area contributed by atoms with Crippen molar-refractivity contribution >= 4 is 17.3 Å². The first-order valence-corrected chi connectivity index (χ1v) is 7.65. The fourth-order valence-corrected chi connectivity index (χ4v) is 2.25. The summed E-state index contributed by atoms with van der Waals surface area (Å²) in [6.45, 7) is 9.08. The molecule has 0 spiro atoms. The van der Waals surface area contributed by atoms with Crippen LogP contribution in [0.5, 0.6) is 5.75 Å². The molecule has 0 bridgehead atoms. The molecular formula is C16H26ClNO2. The van der Waals surface area contributed by atoms with Gasteiger partial charge in [-0.15, -0.1) is 0 Å². The Labute approximate surface area is 127 Å². The van der Waals surface area contributed by atoms with Gasteiger partial charge in [-0.3, -0.25) is 0 Å². The standard InChI is InChI=1S/C16H26ClNO2/c1-5-16(6-2,11-19)10-18-13-7-8-15(14(17)9-13)20-12(3)4/h7-9,12,18-19H,5-6,10-11H2,1-4H3. The van der Waals surface area contributed by atoms with Gasteiger partial charge >= 0.3 is 0 Å². The zero-order valence-corrected chi connectivity index (χ0v) is 13.6. The van der Waals surface area contributed by atoms with Gasteiger partial charge in [0.05, 0.1) is 17.7 Å². The maximum Gasteiger partial charge on any atom is 0.138 e. The number of ether oxygens (including phenoxy) is 1. The number of halogens is 1. The van der Waals surface area contributed by atoms with Gasteiger partial charge in [0.25, 0.3) is 0 Å². The van der Waals surface area contributed by atoms with Crippen LogP contribution < -0.4 is 10.1 Å². The molecule has 114 valence electrons. The van der Waals surface area contributed by atoms with E-state index in [2.05, 4.69) is 19.2 Å². The SMILES string of the molecule is CCC(CC)(CO)CNc1ccc(OC(C)C)c(Cl)c1. The molecule has 0 aliphatic heterocycles. The molecule has 0 aromatic heterocycles. The summed E-state index contributed by atoms with van der Waals surface area (Å²) in [5.41, 5.74) is 0.880. The Morgan fingerprint density at radius 1 is 1.30 bits per heavy atom. The lowest BCUT2D eigenvalue weighted by molar-refractivity contribution is 0.127. The largest absolute Gasteiger partial charge is 0.489 e. The maximum absolute atomic E-state index is 9.57. The number of hydrogen-bond acceptors (Lipinski definition) is 3. The van der Waals surface area contributed by atoms with Gasteiger partial charge in [0.2, 0.25) is 0 Å². The Morgan fingerprint density at radius 3 is 2.40 bits per heavy atom. The van der Waals surface area contributed by atoms with Crippen LogP contribution in [0.15, 0.2) is 18.2 Å². The molecule has 0 fully saturated rings. The van der Waals surface area contributed by atoms with E-state index in [4.69, 9.17) is 16.3 Å². The fourth-order valence-electron chi connectivity index (χ4n) is 2.03. The number of aliphatic hydroxyl groups excluding tert-OH is 1. The van der Waals surface area contributed by atoms with E-state index < -0.39 is 0 Å². The molecule has 3 nitrogen and oxygen atoms in total. The van der Waals surface area contributed by atoms with Crippen molar-refractivity contribution in [2.45, 2.75) is 46.6 Å². The second-order valence-corrected chi connectivity index (χ2v) is 5.94. The van der Waals surface area contributed by atoms with Crippen molar-refractivity contribution in [3.8, 4) is 5.75 Å². The maximum atomic E-state index is 9.57. The van der Waals surface area contributed by atoms with Gasteiger partial charge in [0.1, 0.15) is 5.75 Å². The second kappa shape index (κ2) is 7.75. The molecule has 1 aromatic rings. The van der Waals surface area contributed by atoms with Crippen LogP contribution in [0.2, 0.25) is 5.02 Å². The molecule has 0 unspecified atom stereocenters. The van der Waals surface area contributed by atoms with Crippen LogP contribution in [0.3, 0.4) is 0 Å². The summed E-state index contributed by atoms with van der Waals surface area (Å²) in [6, 6.07) is 5.70. The summed E-state index contributed by atoms with van der Waals surface area (Å²) in [5.74, 6) is 0.701. The molecular weight excluding hydrogens is 274 g/mol. The van der Waals surface area contributed by atoms with Crippen molar-refractivity contribution in [2.75, 3.05) is 18.5 Å². The Morgan fingerprint density at radius 2 is 1.95 bits per heavy atom. The van der Waals surface area contributed by atoms with Gasteiger partial charge in [-0.05, 0) is 44.9 Å². The number of anilines is 1. The summed E-state index contributed by atoms with van der Waals surface area (Å²) < 4.78 is 5.61. The lowest BCUT2D eigenvalue weighted by Gasteiger charge is -2.30. The van der Waals surface area contributed by atoms with E-state index in [1.165, 1.54) is 0 Å². The topological polar surface area (TPSA) is 41.5 Å². The van der Waals surface area contributed by atoms with E-state index >= 15 is 0 Å². The lowest BCUT2D eigenvalue weighted by atomic mass is 9.83. The van der Waals surface area contributed by atoms with Crippen LogP contribution in [0.25, 0.3) is 0 Å². The van der Waals surface area contributed by atoms with E-state index in [1.807, 2.05) is 32.0 Å². The van der Waals surface area contributed by atoms with Crippen LogP contribution in [0.4, 0.5) is 5.69 Å². The van der Waals surface area contributed by atoms with Crippen LogP contribution in [-0.4, -0.2) is 24.4 Å².